The summed E-state index contributed by atoms with van der Waals surface area (Å²) < 4.78 is 7.26. The van der Waals surface area contributed by atoms with E-state index >= 15 is 0 Å². The lowest BCUT2D eigenvalue weighted by Gasteiger charge is -2.07. The normalized spacial score (nSPS) is 11.1. The molecule has 2 aromatic carbocycles. The molecular formula is C21H14N4O. The van der Waals surface area contributed by atoms with E-state index < -0.39 is 0 Å². The Morgan fingerprint density at radius 3 is 2.54 bits per heavy atom. The monoisotopic (exact) mass is 338 g/mol. The van der Waals surface area contributed by atoms with Crippen molar-refractivity contribution in [2.45, 2.75) is 0 Å². The van der Waals surface area contributed by atoms with Gasteiger partial charge in [-0.2, -0.15) is 0 Å². The van der Waals surface area contributed by atoms with Crippen LogP contribution in [-0.2, 0) is 0 Å². The Labute approximate surface area is 149 Å². The molecule has 0 radical (unpaired) electrons. The highest BCUT2D eigenvalue weighted by Gasteiger charge is 2.08. The van der Waals surface area contributed by atoms with Crippen molar-refractivity contribution in [1.82, 2.24) is 19.5 Å². The standard InChI is InChI=1S/C21H14N4O/c1-2-15(18-10-22-13-23-11-18)8-19(3-1)25-14-24-20-9-16(4-5-21(20)25)17-6-7-26-12-17/h1-14H. The Kier molecular flexibility index (Phi) is 3.35. The van der Waals surface area contributed by atoms with Gasteiger partial charge in [0.1, 0.15) is 12.7 Å². The lowest BCUT2D eigenvalue weighted by molar-refractivity contribution is 0.568. The van der Waals surface area contributed by atoms with Crippen molar-refractivity contribution in [3.05, 3.63) is 86.1 Å². The molecule has 0 saturated carbocycles. The summed E-state index contributed by atoms with van der Waals surface area (Å²) in [6.07, 6.45) is 10.4. The lowest BCUT2D eigenvalue weighted by atomic mass is 10.1. The molecule has 0 amide bonds. The molecule has 0 aliphatic carbocycles. The second-order valence-electron chi connectivity index (χ2n) is 6.01. The van der Waals surface area contributed by atoms with Crippen LogP contribution in [0.1, 0.15) is 0 Å². The SMILES string of the molecule is c1cc(-c2cncnc2)cc(-n2cnc3cc(-c4ccoc4)ccc32)c1. The van der Waals surface area contributed by atoms with E-state index in [2.05, 4.69) is 55.9 Å². The number of rotatable bonds is 3. The molecule has 0 aliphatic heterocycles. The average molecular weight is 338 g/mol. The van der Waals surface area contributed by atoms with Gasteiger partial charge in [0.25, 0.3) is 0 Å². The maximum atomic E-state index is 5.17. The summed E-state index contributed by atoms with van der Waals surface area (Å²) in [4.78, 5) is 12.8. The van der Waals surface area contributed by atoms with Crippen LogP contribution in [0.5, 0.6) is 0 Å². The van der Waals surface area contributed by atoms with Crippen LogP contribution in [0, 0.1) is 0 Å². The third-order valence-electron chi connectivity index (χ3n) is 4.42. The predicted octanol–water partition coefficient (Wildman–Crippen LogP) is 4.74. The fourth-order valence-corrected chi connectivity index (χ4v) is 3.11. The number of benzene rings is 2. The van der Waals surface area contributed by atoms with Crippen LogP contribution in [0.15, 0.2) is 90.5 Å². The first-order valence-corrected chi connectivity index (χ1v) is 8.24. The number of fused-ring (bicyclic) bond motifs is 1. The van der Waals surface area contributed by atoms with Gasteiger partial charge in [0, 0.05) is 29.2 Å². The summed E-state index contributed by atoms with van der Waals surface area (Å²) in [6, 6.07) is 16.5. The highest BCUT2D eigenvalue weighted by Crippen LogP contribution is 2.27. The smallest absolute Gasteiger partial charge is 0.115 e. The van der Waals surface area contributed by atoms with Crippen LogP contribution in [-0.4, -0.2) is 19.5 Å². The van der Waals surface area contributed by atoms with E-state index in [-0.39, 0.29) is 0 Å². The van der Waals surface area contributed by atoms with Gasteiger partial charge in [-0.15, -0.1) is 0 Å². The fraction of sp³-hybridized carbons (Fsp3) is 0. The topological polar surface area (TPSA) is 56.7 Å². The first kappa shape index (κ1) is 14.6. The molecule has 26 heavy (non-hydrogen) atoms. The average Bonchev–Trinajstić information content (AvgIpc) is 3.38. The summed E-state index contributed by atoms with van der Waals surface area (Å²) >= 11 is 0. The minimum atomic E-state index is 0.942. The molecule has 0 unspecified atom stereocenters. The van der Waals surface area contributed by atoms with Crippen LogP contribution >= 0.6 is 0 Å². The zero-order chi connectivity index (χ0) is 17.3. The highest BCUT2D eigenvalue weighted by atomic mass is 16.3. The first-order chi connectivity index (χ1) is 12.9. The number of nitrogens with zero attached hydrogens (tertiary/aromatic N) is 4. The highest BCUT2D eigenvalue weighted by molar-refractivity contribution is 5.83. The van der Waals surface area contributed by atoms with Gasteiger partial charge in [-0.25, -0.2) is 15.0 Å². The molecule has 5 aromatic rings. The van der Waals surface area contributed by atoms with Gasteiger partial charge in [0.15, 0.2) is 0 Å². The molecule has 0 fully saturated rings. The Hall–Kier alpha value is -3.73. The second kappa shape index (κ2) is 5.97. The van der Waals surface area contributed by atoms with Crippen molar-refractivity contribution < 1.29 is 4.42 Å². The minimum Gasteiger partial charge on any atom is -0.472 e. The minimum absolute atomic E-state index is 0.942. The number of hydrogen-bond donors (Lipinski definition) is 0. The number of imidazole rings is 1. The van der Waals surface area contributed by atoms with E-state index in [0.29, 0.717) is 0 Å². The predicted molar refractivity (Wildman–Crippen MR) is 99.8 cm³/mol. The summed E-state index contributed by atoms with van der Waals surface area (Å²) in [5.74, 6) is 0. The Bertz CT molecular complexity index is 1180. The summed E-state index contributed by atoms with van der Waals surface area (Å²) in [7, 11) is 0. The van der Waals surface area contributed by atoms with E-state index in [1.807, 2.05) is 30.9 Å². The molecule has 5 heteroatoms. The summed E-state index contributed by atoms with van der Waals surface area (Å²) in [5.41, 5.74) is 7.24. The Morgan fingerprint density at radius 2 is 1.69 bits per heavy atom. The van der Waals surface area contributed by atoms with Crippen LogP contribution in [0.25, 0.3) is 39.0 Å². The first-order valence-electron chi connectivity index (χ1n) is 8.24. The number of furan rings is 1. The lowest BCUT2D eigenvalue weighted by Crippen LogP contribution is -1.92. The Balaban J connectivity index is 1.59. The molecule has 0 atom stereocenters. The maximum Gasteiger partial charge on any atom is 0.115 e. The molecule has 0 saturated heterocycles. The molecule has 3 aromatic heterocycles. The van der Waals surface area contributed by atoms with E-state index in [4.69, 9.17) is 4.42 Å². The summed E-state index contributed by atoms with van der Waals surface area (Å²) in [6.45, 7) is 0. The van der Waals surface area contributed by atoms with Crippen LogP contribution < -0.4 is 0 Å². The fourth-order valence-electron chi connectivity index (χ4n) is 3.11. The van der Waals surface area contributed by atoms with Gasteiger partial charge in [-0.3, -0.25) is 4.57 Å². The zero-order valence-electron chi connectivity index (χ0n) is 13.8. The number of hydrogen-bond acceptors (Lipinski definition) is 4. The number of aromatic nitrogens is 4. The molecular weight excluding hydrogens is 324 g/mol. The molecule has 0 spiro atoms. The van der Waals surface area contributed by atoms with Gasteiger partial charge < -0.3 is 4.42 Å². The molecule has 0 N–H and O–H groups in total. The molecule has 5 rings (SSSR count). The van der Waals surface area contributed by atoms with E-state index in [1.54, 1.807) is 12.5 Å². The quantitative estimate of drug-likeness (QED) is 0.477. The molecule has 5 nitrogen and oxygen atoms in total. The van der Waals surface area contributed by atoms with Gasteiger partial charge in [-0.05, 0) is 41.5 Å². The maximum absolute atomic E-state index is 5.17. The van der Waals surface area contributed by atoms with Gasteiger partial charge >= 0.3 is 0 Å². The van der Waals surface area contributed by atoms with E-state index in [9.17, 15) is 0 Å². The van der Waals surface area contributed by atoms with E-state index in [0.717, 1.165) is 39.0 Å². The van der Waals surface area contributed by atoms with Crippen LogP contribution in [0.3, 0.4) is 0 Å². The van der Waals surface area contributed by atoms with Crippen molar-refractivity contribution in [2.75, 3.05) is 0 Å². The summed E-state index contributed by atoms with van der Waals surface area (Å²) in [5, 5.41) is 0. The molecule has 124 valence electrons. The largest absolute Gasteiger partial charge is 0.472 e. The molecule has 0 bridgehead atoms. The second-order valence-corrected chi connectivity index (χ2v) is 6.01. The van der Waals surface area contributed by atoms with Crippen molar-refractivity contribution in [1.29, 1.82) is 0 Å². The van der Waals surface area contributed by atoms with Gasteiger partial charge in [0.05, 0.1) is 23.6 Å². The van der Waals surface area contributed by atoms with Gasteiger partial charge in [0.2, 0.25) is 0 Å². The van der Waals surface area contributed by atoms with Crippen LogP contribution in [0.2, 0.25) is 0 Å². The van der Waals surface area contributed by atoms with Crippen molar-refractivity contribution >= 4 is 11.0 Å². The van der Waals surface area contributed by atoms with E-state index in [1.165, 1.54) is 6.33 Å². The van der Waals surface area contributed by atoms with Crippen molar-refractivity contribution in [2.24, 2.45) is 0 Å². The Morgan fingerprint density at radius 1 is 0.808 bits per heavy atom. The van der Waals surface area contributed by atoms with Gasteiger partial charge in [-0.1, -0.05) is 18.2 Å². The third-order valence-corrected chi connectivity index (χ3v) is 4.42. The zero-order valence-corrected chi connectivity index (χ0v) is 13.8. The molecule has 0 aliphatic rings. The third kappa shape index (κ3) is 2.46. The van der Waals surface area contributed by atoms with Crippen LogP contribution in [0.4, 0.5) is 0 Å². The van der Waals surface area contributed by atoms with Crippen molar-refractivity contribution in [3.63, 3.8) is 0 Å². The molecule has 3 heterocycles. The van der Waals surface area contributed by atoms with Crippen molar-refractivity contribution in [3.8, 4) is 27.9 Å².